The predicted octanol–water partition coefficient (Wildman–Crippen LogP) is 3.17. The van der Waals surface area contributed by atoms with Gasteiger partial charge in [0.05, 0.1) is 23.4 Å². The van der Waals surface area contributed by atoms with Crippen LogP contribution in [0.25, 0.3) is 16.3 Å². The van der Waals surface area contributed by atoms with Crippen LogP contribution in [-0.2, 0) is 4.79 Å². The number of nitrogens with one attached hydrogen (secondary N) is 2. The second kappa shape index (κ2) is 7.70. The van der Waals surface area contributed by atoms with Crippen molar-refractivity contribution in [3.8, 4) is 6.07 Å². The minimum atomic E-state index is -0.173. The Balaban J connectivity index is 2.04. The fourth-order valence-corrected chi connectivity index (χ4v) is 3.16. The molecule has 1 unspecified atom stereocenters. The quantitative estimate of drug-likeness (QED) is 0.328. The van der Waals surface area contributed by atoms with Crippen molar-refractivity contribution in [2.45, 2.75) is 26.3 Å². The van der Waals surface area contributed by atoms with Gasteiger partial charge in [-0.3, -0.25) is 4.79 Å². The summed E-state index contributed by atoms with van der Waals surface area (Å²) in [6.45, 7) is 3.89. The van der Waals surface area contributed by atoms with Crippen LogP contribution in [0, 0.1) is 11.3 Å². The number of pyridine rings is 1. The number of hydrogen-bond acceptors (Lipinski definition) is 6. The average molecular weight is 361 g/mol. The number of nitrogens with zero attached hydrogens (tertiary/aromatic N) is 3. The van der Waals surface area contributed by atoms with Crippen LogP contribution < -0.4 is 10.6 Å². The van der Waals surface area contributed by atoms with Crippen molar-refractivity contribution < 1.29 is 10.0 Å². The van der Waals surface area contributed by atoms with Crippen LogP contribution in [0.5, 0.6) is 0 Å². The van der Waals surface area contributed by atoms with E-state index in [2.05, 4.69) is 26.8 Å². The first-order valence-electron chi connectivity index (χ1n) is 8.51. The molecule has 3 rings (SSSR count). The van der Waals surface area contributed by atoms with E-state index in [4.69, 9.17) is 5.21 Å². The fraction of sp³-hybridized carbons (Fsp3) is 0.200. The third-order valence-electron chi connectivity index (χ3n) is 4.57. The van der Waals surface area contributed by atoms with E-state index in [1.807, 2.05) is 32.2 Å². The summed E-state index contributed by atoms with van der Waals surface area (Å²) in [5, 5.41) is 29.5. The average Bonchev–Trinajstić information content (AvgIpc) is 2.68. The number of fused-ring (bicyclic) bond motifs is 1. The number of aromatic nitrogens is 1. The van der Waals surface area contributed by atoms with Gasteiger partial charge in [-0.15, -0.1) is 0 Å². The topological polar surface area (TPSA) is 110 Å². The van der Waals surface area contributed by atoms with Gasteiger partial charge in [-0.25, -0.2) is 4.98 Å². The van der Waals surface area contributed by atoms with Crippen molar-refractivity contribution in [1.82, 2.24) is 10.3 Å². The summed E-state index contributed by atoms with van der Waals surface area (Å²) in [6.07, 6.45) is 6.69. The molecule has 0 spiro atoms. The maximum Gasteiger partial charge on any atom is 0.212 e. The van der Waals surface area contributed by atoms with Crippen LogP contribution in [0.2, 0.25) is 0 Å². The Labute approximate surface area is 156 Å². The van der Waals surface area contributed by atoms with Gasteiger partial charge >= 0.3 is 0 Å². The molecule has 0 saturated carbocycles. The number of carbonyl (C=O) groups is 1. The van der Waals surface area contributed by atoms with E-state index in [1.165, 1.54) is 0 Å². The van der Waals surface area contributed by atoms with Gasteiger partial charge in [0.1, 0.15) is 5.82 Å². The van der Waals surface area contributed by atoms with Crippen molar-refractivity contribution in [3.05, 3.63) is 53.4 Å². The maximum atomic E-state index is 10.6. The summed E-state index contributed by atoms with van der Waals surface area (Å²) in [5.74, 6) is 0.432. The Morgan fingerprint density at radius 1 is 1.44 bits per heavy atom. The van der Waals surface area contributed by atoms with E-state index >= 15 is 0 Å². The van der Waals surface area contributed by atoms with E-state index < -0.39 is 0 Å². The lowest BCUT2D eigenvalue weighted by molar-refractivity contribution is -0.105. The van der Waals surface area contributed by atoms with Crippen LogP contribution >= 0.6 is 0 Å². The predicted molar refractivity (Wildman–Crippen MR) is 104 cm³/mol. The van der Waals surface area contributed by atoms with Crippen LogP contribution in [0.1, 0.15) is 31.4 Å². The molecule has 3 N–H and O–H groups in total. The first-order chi connectivity index (χ1) is 13.1. The number of allylic oxidation sites excluding steroid dienone is 2. The molecule has 7 heteroatoms. The van der Waals surface area contributed by atoms with Crippen LogP contribution in [0.15, 0.2) is 47.4 Å². The molecule has 0 aliphatic carbocycles. The smallest absolute Gasteiger partial charge is 0.212 e. The van der Waals surface area contributed by atoms with Gasteiger partial charge in [0.15, 0.2) is 0 Å². The largest absolute Gasteiger partial charge is 0.411 e. The van der Waals surface area contributed by atoms with Crippen LogP contribution in [0.4, 0.5) is 5.82 Å². The Kier molecular flexibility index (Phi) is 5.18. The highest BCUT2D eigenvalue weighted by Crippen LogP contribution is 2.31. The number of anilines is 1. The van der Waals surface area contributed by atoms with E-state index in [9.17, 15) is 10.1 Å². The molecule has 27 heavy (non-hydrogen) atoms. The third kappa shape index (κ3) is 3.51. The SMILES string of the molecule is CC/C(=N\O)C1C=C(C)C(c2cc3cnc(NC=O)cc3cc2C#N)=CN1. The van der Waals surface area contributed by atoms with E-state index in [0.29, 0.717) is 29.9 Å². The Bertz CT molecular complexity index is 1030. The molecule has 0 fully saturated rings. The molecular weight excluding hydrogens is 342 g/mol. The van der Waals surface area contributed by atoms with Crippen molar-refractivity contribution >= 4 is 34.3 Å². The first kappa shape index (κ1) is 18.1. The Morgan fingerprint density at radius 2 is 2.26 bits per heavy atom. The van der Waals surface area contributed by atoms with Crippen LogP contribution in [-0.4, -0.2) is 28.4 Å². The summed E-state index contributed by atoms with van der Waals surface area (Å²) in [5.41, 5.74) is 3.84. The van der Waals surface area contributed by atoms with Gasteiger partial charge in [0, 0.05) is 28.9 Å². The highest BCUT2D eigenvalue weighted by Gasteiger charge is 2.20. The van der Waals surface area contributed by atoms with Gasteiger partial charge in [0.25, 0.3) is 0 Å². The number of benzene rings is 1. The lowest BCUT2D eigenvalue weighted by Gasteiger charge is -2.23. The second-order valence-electron chi connectivity index (χ2n) is 6.19. The number of dihydropyridines is 1. The molecule has 0 bridgehead atoms. The molecule has 7 nitrogen and oxygen atoms in total. The van der Waals surface area contributed by atoms with Crippen molar-refractivity contribution in [3.63, 3.8) is 0 Å². The monoisotopic (exact) mass is 361 g/mol. The summed E-state index contributed by atoms with van der Waals surface area (Å²) < 4.78 is 0. The lowest BCUT2D eigenvalue weighted by atomic mass is 9.90. The zero-order chi connectivity index (χ0) is 19.4. The maximum absolute atomic E-state index is 10.6. The Hall–Kier alpha value is -3.66. The summed E-state index contributed by atoms with van der Waals surface area (Å²) in [4.78, 5) is 14.8. The van der Waals surface area contributed by atoms with E-state index in [-0.39, 0.29) is 6.04 Å². The highest BCUT2D eigenvalue weighted by atomic mass is 16.4. The minimum absolute atomic E-state index is 0.173. The zero-order valence-corrected chi connectivity index (χ0v) is 15.0. The van der Waals surface area contributed by atoms with Crippen LogP contribution in [0.3, 0.4) is 0 Å². The van der Waals surface area contributed by atoms with E-state index in [1.54, 1.807) is 18.3 Å². The summed E-state index contributed by atoms with van der Waals surface area (Å²) in [7, 11) is 0. The van der Waals surface area contributed by atoms with Gasteiger partial charge in [-0.05, 0) is 42.5 Å². The number of nitriles is 1. The molecule has 0 radical (unpaired) electrons. The van der Waals surface area contributed by atoms with Crippen molar-refractivity contribution in [1.29, 1.82) is 5.26 Å². The van der Waals surface area contributed by atoms with Crippen molar-refractivity contribution in [2.24, 2.45) is 5.16 Å². The standard InChI is InChI=1S/C20H19N5O2/c1-3-18(25-27)19-4-12(2)17(10-22-19)16-6-15-9-23-20(24-11-26)7-13(15)5-14(16)8-21/h4-7,9-11,19,22,27H,3H2,1-2H3,(H,23,24,26)/b25-18+. The molecule has 136 valence electrons. The molecule has 1 aromatic heterocycles. The fourth-order valence-electron chi connectivity index (χ4n) is 3.16. The molecule has 1 aliphatic rings. The molecule has 0 saturated heterocycles. The number of carbonyl (C=O) groups excluding carboxylic acids is 1. The molecular formula is C20H19N5O2. The number of rotatable bonds is 5. The minimum Gasteiger partial charge on any atom is -0.411 e. The zero-order valence-electron chi connectivity index (χ0n) is 15.0. The number of amides is 1. The summed E-state index contributed by atoms with van der Waals surface area (Å²) in [6, 6.07) is 7.50. The third-order valence-corrected chi connectivity index (χ3v) is 4.57. The molecule has 1 aromatic carbocycles. The first-order valence-corrected chi connectivity index (χ1v) is 8.51. The molecule has 1 aliphatic heterocycles. The lowest BCUT2D eigenvalue weighted by Crippen LogP contribution is -2.33. The number of oxime groups is 1. The molecule has 2 heterocycles. The van der Waals surface area contributed by atoms with Gasteiger partial charge in [0.2, 0.25) is 6.41 Å². The number of hydrogen-bond donors (Lipinski definition) is 3. The highest BCUT2D eigenvalue weighted by molar-refractivity contribution is 5.96. The molecule has 1 amide bonds. The summed E-state index contributed by atoms with van der Waals surface area (Å²) >= 11 is 0. The Morgan fingerprint density at radius 3 is 2.89 bits per heavy atom. The van der Waals surface area contributed by atoms with Gasteiger partial charge in [-0.1, -0.05) is 18.2 Å². The van der Waals surface area contributed by atoms with Crippen molar-refractivity contribution in [2.75, 3.05) is 5.32 Å². The molecule has 2 aromatic rings. The second-order valence-corrected chi connectivity index (χ2v) is 6.19. The van der Waals surface area contributed by atoms with Gasteiger partial charge < -0.3 is 15.8 Å². The van der Waals surface area contributed by atoms with Gasteiger partial charge in [-0.2, -0.15) is 5.26 Å². The molecule has 1 atom stereocenters. The normalized spacial score (nSPS) is 16.8. The van der Waals surface area contributed by atoms with E-state index in [0.717, 1.165) is 27.5 Å².